The average molecular weight is 166 g/mol. The highest BCUT2D eigenvalue weighted by Gasteiger charge is 2.02. The summed E-state index contributed by atoms with van der Waals surface area (Å²) >= 11 is 0. The second-order valence-electron chi connectivity index (χ2n) is 2.60. The number of hydrogen-bond donors (Lipinski definition) is 2. The SMILES string of the molecule is Cc1cc(CC(=O)O)ncc1N. The van der Waals surface area contributed by atoms with Gasteiger partial charge < -0.3 is 10.8 Å². The Bertz CT molecular complexity index is 310. The first-order valence-electron chi connectivity index (χ1n) is 3.52. The summed E-state index contributed by atoms with van der Waals surface area (Å²) in [5, 5.41) is 8.46. The third-order valence-corrected chi connectivity index (χ3v) is 1.54. The number of carbonyl (C=O) groups is 1. The van der Waals surface area contributed by atoms with Crippen LogP contribution in [0.1, 0.15) is 11.3 Å². The van der Waals surface area contributed by atoms with E-state index in [4.69, 9.17) is 10.8 Å². The van der Waals surface area contributed by atoms with Crippen molar-refractivity contribution in [1.82, 2.24) is 4.98 Å². The van der Waals surface area contributed by atoms with Crippen molar-refractivity contribution < 1.29 is 9.90 Å². The Kier molecular flexibility index (Phi) is 2.28. The van der Waals surface area contributed by atoms with Crippen LogP contribution >= 0.6 is 0 Å². The lowest BCUT2D eigenvalue weighted by atomic mass is 10.2. The molecule has 0 fully saturated rings. The van der Waals surface area contributed by atoms with Crippen LogP contribution in [0, 0.1) is 6.92 Å². The second kappa shape index (κ2) is 3.21. The zero-order chi connectivity index (χ0) is 9.14. The number of aliphatic carboxylic acids is 1. The lowest BCUT2D eigenvalue weighted by Gasteiger charge is -2.00. The molecule has 0 saturated carbocycles. The van der Waals surface area contributed by atoms with Crippen LogP contribution in [0.15, 0.2) is 12.3 Å². The largest absolute Gasteiger partial charge is 0.481 e. The van der Waals surface area contributed by atoms with Gasteiger partial charge in [-0.2, -0.15) is 0 Å². The molecule has 3 N–H and O–H groups in total. The van der Waals surface area contributed by atoms with Gasteiger partial charge in [-0.05, 0) is 18.6 Å². The smallest absolute Gasteiger partial charge is 0.309 e. The Hall–Kier alpha value is -1.58. The molecule has 1 heterocycles. The van der Waals surface area contributed by atoms with Gasteiger partial charge in [-0.15, -0.1) is 0 Å². The van der Waals surface area contributed by atoms with Crippen LogP contribution in [0.5, 0.6) is 0 Å². The second-order valence-corrected chi connectivity index (χ2v) is 2.60. The van der Waals surface area contributed by atoms with Crippen molar-refractivity contribution in [1.29, 1.82) is 0 Å². The van der Waals surface area contributed by atoms with Gasteiger partial charge in [0.05, 0.1) is 24.0 Å². The third-order valence-electron chi connectivity index (χ3n) is 1.54. The van der Waals surface area contributed by atoms with Gasteiger partial charge in [0.25, 0.3) is 0 Å². The van der Waals surface area contributed by atoms with E-state index >= 15 is 0 Å². The molecule has 1 aromatic heterocycles. The van der Waals surface area contributed by atoms with Crippen LogP contribution in [0.3, 0.4) is 0 Å². The number of anilines is 1. The zero-order valence-electron chi connectivity index (χ0n) is 6.74. The summed E-state index contributed by atoms with van der Waals surface area (Å²) in [5.74, 6) is -0.883. The fourth-order valence-corrected chi connectivity index (χ4v) is 0.876. The number of aromatic nitrogens is 1. The monoisotopic (exact) mass is 166 g/mol. The minimum absolute atomic E-state index is 0.0544. The maximum absolute atomic E-state index is 10.3. The Balaban J connectivity index is 2.89. The van der Waals surface area contributed by atoms with Crippen molar-refractivity contribution in [2.75, 3.05) is 5.73 Å². The van der Waals surface area contributed by atoms with Crippen molar-refractivity contribution in [2.24, 2.45) is 0 Å². The van der Waals surface area contributed by atoms with E-state index in [-0.39, 0.29) is 6.42 Å². The fraction of sp³-hybridized carbons (Fsp3) is 0.250. The Morgan fingerprint density at radius 3 is 2.92 bits per heavy atom. The number of nitrogens with two attached hydrogens (primary N) is 1. The van der Waals surface area contributed by atoms with Crippen LogP contribution in [0.25, 0.3) is 0 Å². The van der Waals surface area contributed by atoms with E-state index in [9.17, 15) is 4.79 Å². The summed E-state index contributed by atoms with van der Waals surface area (Å²) in [6.07, 6.45) is 1.43. The molecule has 0 spiro atoms. The molecular weight excluding hydrogens is 156 g/mol. The van der Waals surface area contributed by atoms with Crippen LogP contribution < -0.4 is 5.73 Å². The van der Waals surface area contributed by atoms with E-state index in [1.165, 1.54) is 6.20 Å². The Morgan fingerprint density at radius 2 is 2.42 bits per heavy atom. The highest BCUT2D eigenvalue weighted by atomic mass is 16.4. The molecule has 0 aromatic carbocycles. The first-order chi connectivity index (χ1) is 5.59. The number of nitrogen functional groups attached to an aromatic ring is 1. The molecule has 64 valence electrons. The van der Waals surface area contributed by atoms with Crippen molar-refractivity contribution in [3.05, 3.63) is 23.5 Å². The highest BCUT2D eigenvalue weighted by Crippen LogP contribution is 2.09. The van der Waals surface area contributed by atoms with Crippen molar-refractivity contribution in [3.63, 3.8) is 0 Å². The molecule has 0 atom stereocenters. The molecular formula is C8H10N2O2. The summed E-state index contributed by atoms with van der Waals surface area (Å²) in [4.78, 5) is 14.2. The summed E-state index contributed by atoms with van der Waals surface area (Å²) in [7, 11) is 0. The number of carboxylic acids is 1. The van der Waals surface area contributed by atoms with E-state index in [2.05, 4.69) is 4.98 Å². The average Bonchev–Trinajstić information content (AvgIpc) is 1.96. The maximum Gasteiger partial charge on any atom is 0.309 e. The molecule has 0 saturated heterocycles. The summed E-state index contributed by atoms with van der Waals surface area (Å²) in [5.41, 5.74) is 7.50. The summed E-state index contributed by atoms with van der Waals surface area (Å²) in [6.45, 7) is 1.82. The van der Waals surface area contributed by atoms with E-state index in [1.54, 1.807) is 6.07 Å². The first-order valence-corrected chi connectivity index (χ1v) is 3.52. The highest BCUT2D eigenvalue weighted by molar-refractivity contribution is 5.69. The van der Waals surface area contributed by atoms with Crippen molar-refractivity contribution >= 4 is 11.7 Å². The predicted octanol–water partition coefficient (Wildman–Crippen LogP) is 0.599. The van der Waals surface area contributed by atoms with Gasteiger partial charge in [-0.3, -0.25) is 9.78 Å². The number of hydrogen-bond acceptors (Lipinski definition) is 3. The third kappa shape index (κ3) is 1.95. The zero-order valence-corrected chi connectivity index (χ0v) is 6.74. The lowest BCUT2D eigenvalue weighted by molar-refractivity contribution is -0.136. The normalized spacial score (nSPS) is 9.75. The standard InChI is InChI=1S/C8H10N2O2/c1-5-2-6(3-8(11)12)10-4-7(5)9/h2,4H,3,9H2,1H3,(H,11,12). The molecule has 0 unspecified atom stereocenters. The van der Waals surface area contributed by atoms with Crippen LogP contribution in [-0.4, -0.2) is 16.1 Å². The topological polar surface area (TPSA) is 76.2 Å². The number of aryl methyl sites for hydroxylation is 1. The quantitative estimate of drug-likeness (QED) is 0.674. The minimum Gasteiger partial charge on any atom is -0.481 e. The maximum atomic E-state index is 10.3. The van der Waals surface area contributed by atoms with Crippen molar-refractivity contribution in [2.45, 2.75) is 13.3 Å². The molecule has 0 aliphatic heterocycles. The predicted molar refractivity (Wildman–Crippen MR) is 44.7 cm³/mol. The van der Waals surface area contributed by atoms with Crippen LogP contribution in [0.4, 0.5) is 5.69 Å². The molecule has 0 amide bonds. The Morgan fingerprint density at radius 1 is 1.75 bits per heavy atom. The molecule has 0 radical (unpaired) electrons. The summed E-state index contributed by atoms with van der Waals surface area (Å²) < 4.78 is 0. The van der Waals surface area contributed by atoms with Gasteiger partial charge in [0.1, 0.15) is 0 Å². The van der Waals surface area contributed by atoms with Crippen molar-refractivity contribution in [3.8, 4) is 0 Å². The molecule has 0 aliphatic rings. The van der Waals surface area contributed by atoms with E-state index < -0.39 is 5.97 Å². The van der Waals surface area contributed by atoms with Crippen LogP contribution in [0.2, 0.25) is 0 Å². The summed E-state index contributed by atoms with van der Waals surface area (Å²) in [6, 6.07) is 1.68. The molecule has 12 heavy (non-hydrogen) atoms. The first kappa shape index (κ1) is 8.52. The van der Waals surface area contributed by atoms with Gasteiger partial charge in [0.15, 0.2) is 0 Å². The minimum atomic E-state index is -0.883. The van der Waals surface area contributed by atoms with E-state index in [0.717, 1.165) is 5.56 Å². The Labute approximate surface area is 70.0 Å². The molecule has 1 rings (SSSR count). The molecule has 1 aromatic rings. The number of pyridine rings is 1. The number of carboxylic acid groups (broad SMARTS) is 1. The van der Waals surface area contributed by atoms with Gasteiger partial charge in [0, 0.05) is 0 Å². The number of rotatable bonds is 2. The molecule has 4 heteroatoms. The van der Waals surface area contributed by atoms with Crippen LogP contribution in [-0.2, 0) is 11.2 Å². The number of nitrogens with zero attached hydrogens (tertiary/aromatic N) is 1. The fourth-order valence-electron chi connectivity index (χ4n) is 0.876. The van der Waals surface area contributed by atoms with Gasteiger partial charge in [-0.25, -0.2) is 0 Å². The van der Waals surface area contributed by atoms with E-state index in [1.807, 2.05) is 6.92 Å². The van der Waals surface area contributed by atoms with Gasteiger partial charge in [0.2, 0.25) is 0 Å². The molecule has 0 bridgehead atoms. The lowest BCUT2D eigenvalue weighted by Crippen LogP contribution is -2.03. The van der Waals surface area contributed by atoms with Gasteiger partial charge in [-0.1, -0.05) is 0 Å². The van der Waals surface area contributed by atoms with Gasteiger partial charge >= 0.3 is 5.97 Å². The molecule has 4 nitrogen and oxygen atoms in total. The van der Waals surface area contributed by atoms with E-state index in [0.29, 0.717) is 11.4 Å². The molecule has 0 aliphatic carbocycles.